The van der Waals surface area contributed by atoms with Gasteiger partial charge in [-0.3, -0.25) is 4.98 Å². The van der Waals surface area contributed by atoms with Gasteiger partial charge in [-0.15, -0.1) is 0 Å². The highest BCUT2D eigenvalue weighted by molar-refractivity contribution is 7.97. The molecule has 0 unspecified atom stereocenters. The number of ether oxygens (including phenoxy) is 1. The lowest BCUT2D eigenvalue weighted by Crippen LogP contribution is -2.45. The van der Waals surface area contributed by atoms with E-state index in [4.69, 9.17) is 25.7 Å². The van der Waals surface area contributed by atoms with Crippen LogP contribution in [0, 0.1) is 0 Å². The van der Waals surface area contributed by atoms with Crippen molar-refractivity contribution in [1.29, 1.82) is 0 Å². The molecule has 0 amide bonds. The monoisotopic (exact) mass is 544 g/mol. The Bertz CT molecular complexity index is 1200. The first-order valence-corrected chi connectivity index (χ1v) is 17.2. The molecule has 1 N–H and O–H groups in total. The zero-order chi connectivity index (χ0) is 25.9. The number of rotatable bonds is 8. The van der Waals surface area contributed by atoms with Gasteiger partial charge < -0.3 is 14.5 Å². The molecule has 1 aromatic carbocycles. The number of benzene rings is 1. The maximum absolute atomic E-state index is 6.65. The molecular formula is C27H37ClN4O2SSi. The Balaban J connectivity index is 1.48. The van der Waals surface area contributed by atoms with Crippen molar-refractivity contribution in [2.75, 3.05) is 11.6 Å². The minimum atomic E-state index is -1.77. The maximum Gasteiger partial charge on any atom is 0.227 e. The Hall–Kier alpha value is -1.87. The first kappa shape index (κ1) is 27.2. The number of anilines is 2. The van der Waals surface area contributed by atoms with Crippen LogP contribution in [0.3, 0.4) is 0 Å². The largest absolute Gasteiger partial charge is 0.487 e. The summed E-state index contributed by atoms with van der Waals surface area (Å²) in [5, 5.41) is 4.98. The summed E-state index contributed by atoms with van der Waals surface area (Å²) in [6.45, 7) is 11.5. The molecule has 0 atom stereocenters. The molecule has 2 heterocycles. The topological polar surface area (TPSA) is 69.2 Å². The number of halogens is 1. The number of aromatic nitrogens is 3. The maximum atomic E-state index is 6.65. The number of hydrogen-bond donors (Lipinski definition) is 1. The number of thioether (sulfide) groups is 1. The Morgan fingerprint density at radius 1 is 1.08 bits per heavy atom. The van der Waals surface area contributed by atoms with Gasteiger partial charge in [0, 0.05) is 35.3 Å². The summed E-state index contributed by atoms with van der Waals surface area (Å²) in [7, 11) is -1.77. The second kappa shape index (κ2) is 11.3. The van der Waals surface area contributed by atoms with E-state index in [2.05, 4.69) is 55.4 Å². The zero-order valence-electron chi connectivity index (χ0n) is 22.1. The van der Waals surface area contributed by atoms with E-state index in [1.165, 1.54) is 0 Å². The van der Waals surface area contributed by atoms with Crippen LogP contribution in [0.25, 0.3) is 10.9 Å². The van der Waals surface area contributed by atoms with Gasteiger partial charge in [-0.05, 0) is 74.3 Å². The lowest BCUT2D eigenvalue weighted by molar-refractivity contribution is 0.0733. The fraction of sp³-hybridized carbons (Fsp3) is 0.519. The second-order valence-electron chi connectivity index (χ2n) is 11.0. The molecule has 0 bridgehead atoms. The molecular weight excluding hydrogens is 508 g/mol. The predicted octanol–water partition coefficient (Wildman–Crippen LogP) is 8.00. The van der Waals surface area contributed by atoms with Crippen molar-refractivity contribution in [2.45, 2.75) is 82.5 Å². The summed E-state index contributed by atoms with van der Waals surface area (Å²) < 4.78 is 13.1. The molecule has 3 aromatic rings. The molecule has 9 heteroatoms. The third kappa shape index (κ3) is 6.51. The molecule has 0 spiro atoms. The van der Waals surface area contributed by atoms with Crippen molar-refractivity contribution in [1.82, 2.24) is 15.0 Å². The fourth-order valence-electron chi connectivity index (χ4n) is 4.16. The van der Waals surface area contributed by atoms with E-state index in [1.807, 2.05) is 30.5 Å². The Labute approximate surface area is 225 Å². The summed E-state index contributed by atoms with van der Waals surface area (Å²) in [5.41, 5.74) is 2.63. The van der Waals surface area contributed by atoms with Crippen molar-refractivity contribution >= 4 is 54.2 Å². The van der Waals surface area contributed by atoms with Crippen LogP contribution in [0.2, 0.25) is 23.2 Å². The van der Waals surface area contributed by atoms with Crippen LogP contribution in [-0.2, 0) is 10.2 Å². The molecule has 2 aromatic heterocycles. The van der Waals surface area contributed by atoms with Gasteiger partial charge in [0.25, 0.3) is 0 Å². The molecule has 4 rings (SSSR count). The Kier molecular flexibility index (Phi) is 8.49. The molecule has 0 aliphatic heterocycles. The van der Waals surface area contributed by atoms with E-state index < -0.39 is 8.32 Å². The van der Waals surface area contributed by atoms with Crippen molar-refractivity contribution in [3.8, 4) is 5.75 Å². The lowest BCUT2D eigenvalue weighted by atomic mass is 9.95. The van der Waals surface area contributed by atoms with Crippen molar-refractivity contribution in [3.05, 3.63) is 47.4 Å². The third-order valence-electron chi connectivity index (χ3n) is 7.20. The minimum absolute atomic E-state index is 0.0908. The van der Waals surface area contributed by atoms with E-state index in [0.29, 0.717) is 22.8 Å². The first-order chi connectivity index (χ1) is 17.1. The number of nitrogens with one attached hydrogen (secondary N) is 1. The summed E-state index contributed by atoms with van der Waals surface area (Å²) >= 11 is 8.36. The van der Waals surface area contributed by atoms with Crippen LogP contribution in [0.4, 0.5) is 11.6 Å². The minimum Gasteiger partial charge on any atom is -0.487 e. The molecule has 1 saturated carbocycles. The zero-order valence-corrected chi connectivity index (χ0v) is 24.7. The smallest absolute Gasteiger partial charge is 0.227 e. The van der Waals surface area contributed by atoms with E-state index >= 15 is 0 Å². The average molecular weight is 545 g/mol. The molecule has 36 heavy (non-hydrogen) atoms. The Morgan fingerprint density at radius 2 is 1.81 bits per heavy atom. The number of fused-ring (bicyclic) bond motifs is 1. The second-order valence-corrected chi connectivity index (χ2v) is 17.0. The molecule has 0 saturated heterocycles. The molecule has 194 valence electrons. The van der Waals surface area contributed by atoms with Crippen molar-refractivity contribution in [2.24, 2.45) is 0 Å². The highest BCUT2D eigenvalue weighted by atomic mass is 35.5. The molecule has 0 radical (unpaired) electrons. The van der Waals surface area contributed by atoms with Crippen LogP contribution in [-0.4, -0.2) is 41.7 Å². The van der Waals surface area contributed by atoms with Gasteiger partial charge in [0.15, 0.2) is 14.1 Å². The Morgan fingerprint density at radius 3 is 2.50 bits per heavy atom. The summed E-state index contributed by atoms with van der Waals surface area (Å²) in [6.07, 6.45) is 9.95. The summed E-state index contributed by atoms with van der Waals surface area (Å²) in [4.78, 5) is 13.7. The summed E-state index contributed by atoms with van der Waals surface area (Å²) in [6, 6.07) is 7.72. The molecule has 1 aliphatic carbocycles. The SMILES string of the molecule is CSCc1cc(Nc2ncc3ccc(Cl)c(OC4CCC(O[Si](C)(C)C(C)(C)C)CC4)c3n2)ccn1. The number of pyridine rings is 1. The van der Waals surface area contributed by atoms with Crippen LogP contribution < -0.4 is 10.1 Å². The van der Waals surface area contributed by atoms with E-state index in [1.54, 1.807) is 18.0 Å². The van der Waals surface area contributed by atoms with Gasteiger partial charge in [0.1, 0.15) is 5.52 Å². The molecule has 1 aliphatic rings. The van der Waals surface area contributed by atoms with Gasteiger partial charge in [-0.1, -0.05) is 32.4 Å². The van der Waals surface area contributed by atoms with Gasteiger partial charge in [-0.25, -0.2) is 9.97 Å². The van der Waals surface area contributed by atoms with Crippen LogP contribution in [0.5, 0.6) is 5.75 Å². The highest BCUT2D eigenvalue weighted by Gasteiger charge is 2.40. The van der Waals surface area contributed by atoms with Gasteiger partial charge in [0.05, 0.1) is 16.8 Å². The van der Waals surface area contributed by atoms with Crippen LogP contribution in [0.15, 0.2) is 36.7 Å². The summed E-state index contributed by atoms with van der Waals surface area (Å²) in [5.74, 6) is 1.98. The van der Waals surface area contributed by atoms with Crippen molar-refractivity contribution < 1.29 is 9.16 Å². The number of nitrogens with zero attached hydrogens (tertiary/aromatic N) is 3. The standard InChI is InChI=1S/C27H37ClN4O2SSi/c1-27(2,3)36(5,6)34-22-10-8-21(9-11-22)33-25-23(28)12-7-18-16-30-26(32-24(18)25)31-19-13-14-29-20(15-19)17-35-4/h7,12-16,21-22H,8-11,17H2,1-6H3,(H,29,30,31,32). The third-order valence-corrected chi connectivity index (χ3v) is 12.6. The van der Waals surface area contributed by atoms with E-state index in [-0.39, 0.29) is 11.1 Å². The van der Waals surface area contributed by atoms with E-state index in [9.17, 15) is 0 Å². The fourth-order valence-corrected chi connectivity index (χ4v) is 6.23. The normalized spacial score (nSPS) is 18.9. The van der Waals surface area contributed by atoms with Crippen molar-refractivity contribution in [3.63, 3.8) is 0 Å². The van der Waals surface area contributed by atoms with E-state index in [0.717, 1.165) is 53.7 Å². The quantitative estimate of drug-likeness (QED) is 0.288. The highest BCUT2D eigenvalue weighted by Crippen LogP contribution is 2.40. The van der Waals surface area contributed by atoms with Gasteiger partial charge >= 0.3 is 0 Å². The predicted molar refractivity (Wildman–Crippen MR) is 154 cm³/mol. The van der Waals surface area contributed by atoms with Gasteiger partial charge in [0.2, 0.25) is 5.95 Å². The van der Waals surface area contributed by atoms with Gasteiger partial charge in [-0.2, -0.15) is 11.8 Å². The molecule has 6 nitrogen and oxygen atoms in total. The first-order valence-electron chi connectivity index (χ1n) is 12.6. The van der Waals surface area contributed by atoms with Crippen LogP contribution >= 0.6 is 23.4 Å². The lowest BCUT2D eigenvalue weighted by Gasteiger charge is -2.41. The molecule has 1 fully saturated rings. The number of hydrogen-bond acceptors (Lipinski definition) is 7. The average Bonchev–Trinajstić information content (AvgIpc) is 2.82. The van der Waals surface area contributed by atoms with Crippen LogP contribution in [0.1, 0.15) is 52.1 Å².